The molecule has 3 aromatic rings. The molecule has 0 atom stereocenters. The highest BCUT2D eigenvalue weighted by molar-refractivity contribution is 5.94. The third-order valence-electron chi connectivity index (χ3n) is 3.18. The van der Waals surface area contributed by atoms with E-state index < -0.39 is 5.82 Å². The van der Waals surface area contributed by atoms with Crippen LogP contribution in [0.15, 0.2) is 36.5 Å². The van der Waals surface area contributed by atoms with Gasteiger partial charge in [-0.25, -0.2) is 9.37 Å². The predicted molar refractivity (Wildman–Crippen MR) is 75.7 cm³/mol. The van der Waals surface area contributed by atoms with Crippen LogP contribution in [0.1, 0.15) is 5.56 Å². The van der Waals surface area contributed by atoms with Crippen molar-refractivity contribution in [1.82, 2.24) is 9.97 Å². The Bertz CT molecular complexity index is 829. The van der Waals surface area contributed by atoms with Gasteiger partial charge in [-0.1, -0.05) is 6.07 Å². The number of benzene rings is 1. The zero-order chi connectivity index (χ0) is 14.1. The van der Waals surface area contributed by atoms with E-state index in [0.29, 0.717) is 5.82 Å². The van der Waals surface area contributed by atoms with Crippen LogP contribution in [-0.2, 0) is 0 Å². The lowest BCUT2D eigenvalue weighted by molar-refractivity contribution is 0.624. The molecule has 0 spiro atoms. The van der Waals surface area contributed by atoms with Gasteiger partial charge in [0.25, 0.3) is 0 Å². The number of halogens is 1. The van der Waals surface area contributed by atoms with Crippen LogP contribution in [0.5, 0.6) is 0 Å². The lowest BCUT2D eigenvalue weighted by Gasteiger charge is -2.07. The van der Waals surface area contributed by atoms with Crippen molar-refractivity contribution in [2.24, 2.45) is 0 Å². The molecule has 2 heterocycles. The molecule has 5 heteroatoms. The van der Waals surface area contributed by atoms with Crippen LogP contribution in [-0.4, -0.2) is 17.0 Å². The molecule has 2 aromatic heterocycles. The quantitative estimate of drug-likeness (QED) is 0.748. The minimum Gasteiger partial charge on any atom is -0.373 e. The number of rotatable bonds is 2. The third kappa shape index (κ3) is 1.88. The number of aromatic nitrogens is 2. The van der Waals surface area contributed by atoms with Gasteiger partial charge in [0.15, 0.2) is 0 Å². The number of nitrogens with one attached hydrogen (secondary N) is 2. The molecule has 0 aliphatic heterocycles. The van der Waals surface area contributed by atoms with Gasteiger partial charge in [-0.05, 0) is 35.4 Å². The highest BCUT2D eigenvalue weighted by Crippen LogP contribution is 2.30. The van der Waals surface area contributed by atoms with Gasteiger partial charge in [0.2, 0.25) is 0 Å². The van der Waals surface area contributed by atoms with Crippen LogP contribution >= 0.6 is 0 Å². The number of hydrogen-bond donors (Lipinski definition) is 2. The molecule has 0 amide bonds. The lowest BCUT2D eigenvalue weighted by Crippen LogP contribution is -1.94. The summed E-state index contributed by atoms with van der Waals surface area (Å²) in [6, 6.07) is 10.2. The zero-order valence-electron chi connectivity index (χ0n) is 10.7. The smallest absolute Gasteiger partial charge is 0.140 e. The normalized spacial score (nSPS) is 10.4. The monoisotopic (exact) mass is 266 g/mol. The van der Waals surface area contributed by atoms with Gasteiger partial charge in [0, 0.05) is 18.6 Å². The Morgan fingerprint density at radius 1 is 1.30 bits per heavy atom. The van der Waals surface area contributed by atoms with Crippen molar-refractivity contribution in [3.8, 4) is 17.2 Å². The van der Waals surface area contributed by atoms with Crippen LogP contribution in [0.25, 0.3) is 22.2 Å². The average molecular weight is 266 g/mol. The average Bonchev–Trinajstić information content (AvgIpc) is 2.95. The lowest BCUT2D eigenvalue weighted by atomic mass is 10.0. The van der Waals surface area contributed by atoms with E-state index in [2.05, 4.69) is 15.3 Å². The summed E-state index contributed by atoms with van der Waals surface area (Å²) in [7, 11) is 1.78. The highest BCUT2D eigenvalue weighted by atomic mass is 19.1. The first-order chi connectivity index (χ1) is 9.72. The minimum absolute atomic E-state index is 0.0361. The summed E-state index contributed by atoms with van der Waals surface area (Å²) < 4.78 is 13.4. The number of aromatic amines is 1. The molecule has 0 aliphatic carbocycles. The summed E-state index contributed by atoms with van der Waals surface area (Å²) in [6.07, 6.45) is 1.80. The number of hydrogen-bond acceptors (Lipinski definition) is 3. The Hall–Kier alpha value is -2.87. The number of H-pyrrole nitrogens is 1. The third-order valence-corrected chi connectivity index (χ3v) is 3.18. The summed E-state index contributed by atoms with van der Waals surface area (Å²) >= 11 is 0. The van der Waals surface area contributed by atoms with E-state index in [1.165, 1.54) is 6.07 Å². The Balaban J connectivity index is 2.28. The highest BCUT2D eigenvalue weighted by Gasteiger charge is 2.10. The molecule has 2 N–H and O–H groups in total. The maximum Gasteiger partial charge on any atom is 0.140 e. The Morgan fingerprint density at radius 2 is 2.15 bits per heavy atom. The molecule has 0 radical (unpaired) electrons. The SMILES string of the molecule is CNc1cc(-c2ccc(F)c(C#N)c2)c2cc[nH]c2n1. The fraction of sp³-hybridized carbons (Fsp3) is 0.0667. The van der Waals surface area contributed by atoms with E-state index >= 15 is 0 Å². The van der Waals surface area contributed by atoms with Crippen molar-refractivity contribution in [1.29, 1.82) is 5.26 Å². The summed E-state index contributed by atoms with van der Waals surface area (Å²) in [6.45, 7) is 0. The van der Waals surface area contributed by atoms with Crippen LogP contribution < -0.4 is 5.32 Å². The van der Waals surface area contributed by atoms with Crippen molar-refractivity contribution in [2.75, 3.05) is 12.4 Å². The Labute approximate surface area is 114 Å². The molecular formula is C15H11FN4. The van der Waals surface area contributed by atoms with Crippen molar-refractivity contribution < 1.29 is 4.39 Å². The molecule has 1 aromatic carbocycles. The Kier molecular flexibility index (Phi) is 2.84. The molecular weight excluding hydrogens is 255 g/mol. The van der Waals surface area contributed by atoms with Gasteiger partial charge in [-0.3, -0.25) is 0 Å². The van der Waals surface area contributed by atoms with Crippen molar-refractivity contribution in [3.05, 3.63) is 47.9 Å². The van der Waals surface area contributed by atoms with Gasteiger partial charge in [-0.2, -0.15) is 5.26 Å². The van der Waals surface area contributed by atoms with E-state index in [9.17, 15) is 4.39 Å². The Morgan fingerprint density at radius 3 is 2.90 bits per heavy atom. The first-order valence-electron chi connectivity index (χ1n) is 6.09. The fourth-order valence-corrected chi connectivity index (χ4v) is 2.18. The van der Waals surface area contributed by atoms with Gasteiger partial charge >= 0.3 is 0 Å². The van der Waals surface area contributed by atoms with Crippen LogP contribution in [0.2, 0.25) is 0 Å². The van der Waals surface area contributed by atoms with Crippen LogP contribution in [0.3, 0.4) is 0 Å². The summed E-state index contributed by atoms with van der Waals surface area (Å²) in [4.78, 5) is 7.45. The van der Waals surface area contributed by atoms with E-state index in [-0.39, 0.29) is 5.56 Å². The fourth-order valence-electron chi connectivity index (χ4n) is 2.18. The van der Waals surface area contributed by atoms with E-state index in [1.807, 2.05) is 18.2 Å². The molecule has 0 saturated heterocycles. The maximum absolute atomic E-state index is 13.4. The standard InChI is InChI=1S/C15H11FN4/c1-18-14-7-12(11-4-5-19-15(11)20-14)9-2-3-13(16)10(6-9)8-17/h2-7H,1H3,(H2,18,19,20). The summed E-state index contributed by atoms with van der Waals surface area (Å²) in [5.74, 6) is 0.197. The summed E-state index contributed by atoms with van der Waals surface area (Å²) in [5.41, 5.74) is 2.47. The molecule has 3 rings (SSSR count). The summed E-state index contributed by atoms with van der Waals surface area (Å²) in [5, 5.41) is 12.9. The number of anilines is 1. The molecule has 98 valence electrons. The second-order valence-electron chi connectivity index (χ2n) is 4.35. The van der Waals surface area contributed by atoms with Crippen molar-refractivity contribution in [2.45, 2.75) is 0 Å². The molecule has 0 bridgehead atoms. The first kappa shape index (κ1) is 12.2. The topological polar surface area (TPSA) is 64.5 Å². The molecule has 4 nitrogen and oxygen atoms in total. The van der Waals surface area contributed by atoms with Crippen LogP contribution in [0.4, 0.5) is 10.2 Å². The molecule has 0 fully saturated rings. The van der Waals surface area contributed by atoms with Crippen molar-refractivity contribution in [3.63, 3.8) is 0 Å². The van der Waals surface area contributed by atoms with Gasteiger partial charge in [-0.15, -0.1) is 0 Å². The molecule has 0 aliphatic rings. The van der Waals surface area contributed by atoms with Gasteiger partial charge in [0.1, 0.15) is 23.4 Å². The van der Waals surface area contributed by atoms with Crippen LogP contribution in [0, 0.1) is 17.1 Å². The predicted octanol–water partition coefficient (Wildman–Crippen LogP) is 3.28. The zero-order valence-corrected chi connectivity index (χ0v) is 10.7. The van der Waals surface area contributed by atoms with Gasteiger partial charge in [0.05, 0.1) is 5.56 Å². The maximum atomic E-state index is 13.4. The molecule has 20 heavy (non-hydrogen) atoms. The number of nitrogens with zero attached hydrogens (tertiary/aromatic N) is 2. The van der Waals surface area contributed by atoms with Gasteiger partial charge < -0.3 is 10.3 Å². The number of fused-ring (bicyclic) bond motifs is 1. The van der Waals surface area contributed by atoms with E-state index in [4.69, 9.17) is 5.26 Å². The first-order valence-corrected chi connectivity index (χ1v) is 6.09. The largest absolute Gasteiger partial charge is 0.373 e. The van der Waals surface area contributed by atoms with E-state index in [0.717, 1.165) is 22.2 Å². The second kappa shape index (κ2) is 4.67. The minimum atomic E-state index is -0.510. The van der Waals surface area contributed by atoms with Crippen molar-refractivity contribution >= 4 is 16.9 Å². The van der Waals surface area contributed by atoms with E-state index in [1.54, 1.807) is 25.4 Å². The number of pyridine rings is 1. The molecule has 0 saturated carbocycles. The molecule has 0 unspecified atom stereocenters. The second-order valence-corrected chi connectivity index (χ2v) is 4.35. The number of nitriles is 1.